The zero-order valence-corrected chi connectivity index (χ0v) is 29.0. The highest BCUT2D eigenvalue weighted by Crippen LogP contribution is 2.44. The summed E-state index contributed by atoms with van der Waals surface area (Å²) in [6, 6.07) is 56.3. The lowest BCUT2D eigenvalue weighted by molar-refractivity contribution is 0.670. The molecule has 11 aromatic rings. The summed E-state index contributed by atoms with van der Waals surface area (Å²) >= 11 is 1.67. The van der Waals surface area contributed by atoms with E-state index in [9.17, 15) is 0 Å². The molecule has 53 heavy (non-hydrogen) atoms. The van der Waals surface area contributed by atoms with Crippen molar-refractivity contribution in [1.82, 2.24) is 24.5 Å². The molecule has 0 saturated carbocycles. The third kappa shape index (κ3) is 4.79. The first-order chi connectivity index (χ1) is 26.3. The van der Waals surface area contributed by atoms with E-state index in [2.05, 4.69) is 120 Å². The van der Waals surface area contributed by atoms with Gasteiger partial charge in [-0.1, -0.05) is 121 Å². The van der Waals surface area contributed by atoms with Gasteiger partial charge in [0.25, 0.3) is 0 Å². The Bertz CT molecular complexity index is 3090. The fraction of sp³-hybridized carbons (Fsp3) is 0. The topological polar surface area (TPSA) is 69.6 Å². The van der Waals surface area contributed by atoms with Gasteiger partial charge in [-0.05, 0) is 53.6 Å². The van der Waals surface area contributed by atoms with Gasteiger partial charge >= 0.3 is 0 Å². The molecule has 7 aromatic carbocycles. The van der Waals surface area contributed by atoms with Gasteiger partial charge in [0.2, 0.25) is 5.95 Å². The van der Waals surface area contributed by atoms with Crippen molar-refractivity contribution in [2.45, 2.75) is 0 Å². The van der Waals surface area contributed by atoms with Crippen LogP contribution in [0.3, 0.4) is 0 Å². The molecule has 4 aromatic heterocycles. The second-order valence-corrected chi connectivity index (χ2v) is 14.1. The average Bonchev–Trinajstić information content (AvgIpc) is 3.93. The fourth-order valence-electron chi connectivity index (χ4n) is 7.46. The minimum Gasteiger partial charge on any atom is -0.455 e. The van der Waals surface area contributed by atoms with E-state index in [1.54, 1.807) is 11.3 Å². The number of rotatable bonds is 5. The summed E-state index contributed by atoms with van der Waals surface area (Å²) in [5, 5.41) is 5.19. The number of furan rings is 1. The van der Waals surface area contributed by atoms with Gasteiger partial charge in [-0.3, -0.25) is 4.57 Å². The molecular weight excluding hydrogens is 671 g/mol. The maximum absolute atomic E-state index is 6.99. The summed E-state index contributed by atoms with van der Waals surface area (Å²) in [6.07, 6.45) is 0. The predicted octanol–water partition coefficient (Wildman–Crippen LogP) is 12.1. The molecule has 11 rings (SSSR count). The Hall–Kier alpha value is -6.96. The Balaban J connectivity index is 1.20. The van der Waals surface area contributed by atoms with Crippen LogP contribution < -0.4 is 0 Å². The molecule has 0 aliphatic heterocycles. The number of benzene rings is 7. The molecule has 6 nitrogen and oxygen atoms in total. The molecule has 0 radical (unpaired) electrons. The van der Waals surface area contributed by atoms with Crippen molar-refractivity contribution in [3.8, 4) is 50.4 Å². The van der Waals surface area contributed by atoms with Crippen molar-refractivity contribution < 1.29 is 4.42 Å². The Kier molecular flexibility index (Phi) is 6.62. The average molecular weight is 698 g/mol. The van der Waals surface area contributed by atoms with Gasteiger partial charge in [-0.2, -0.15) is 9.97 Å². The monoisotopic (exact) mass is 697 g/mol. The quantitative estimate of drug-likeness (QED) is 0.179. The zero-order valence-electron chi connectivity index (χ0n) is 28.1. The highest BCUT2D eigenvalue weighted by molar-refractivity contribution is 7.21. The molecule has 0 spiro atoms. The first-order valence-corrected chi connectivity index (χ1v) is 18.3. The van der Waals surface area contributed by atoms with E-state index in [4.69, 9.17) is 24.4 Å². The minimum absolute atomic E-state index is 0.533. The second-order valence-electron chi connectivity index (χ2n) is 13.1. The third-order valence-corrected chi connectivity index (χ3v) is 11.0. The van der Waals surface area contributed by atoms with Crippen LogP contribution in [0.4, 0.5) is 0 Å². The van der Waals surface area contributed by atoms with Crippen molar-refractivity contribution >= 4 is 65.3 Å². The summed E-state index contributed by atoms with van der Waals surface area (Å²) in [5.74, 6) is 1.66. The van der Waals surface area contributed by atoms with E-state index in [0.717, 1.165) is 81.2 Å². The van der Waals surface area contributed by atoms with Crippen LogP contribution in [0.5, 0.6) is 0 Å². The fourth-order valence-corrected chi connectivity index (χ4v) is 8.44. The minimum atomic E-state index is 0.533. The maximum Gasteiger partial charge on any atom is 0.238 e. The van der Waals surface area contributed by atoms with Crippen LogP contribution in [0.2, 0.25) is 0 Å². The Morgan fingerprint density at radius 1 is 0.434 bits per heavy atom. The number of aromatic nitrogens is 5. The largest absolute Gasteiger partial charge is 0.455 e. The van der Waals surface area contributed by atoms with E-state index < -0.39 is 0 Å². The first-order valence-electron chi connectivity index (χ1n) is 17.5. The second kappa shape index (κ2) is 11.8. The summed E-state index contributed by atoms with van der Waals surface area (Å²) < 4.78 is 10.3. The smallest absolute Gasteiger partial charge is 0.238 e. The number of nitrogens with zero attached hydrogens (tertiary/aromatic N) is 5. The molecule has 0 aliphatic rings. The SMILES string of the molecule is c1ccc(-c2cc(-c3nc4ccccc4s3)c3oc4c(-c5nc(-c6ccccc6)nc(-n6c7ccccc7c7ccccc76)n5)cccc4c3c2)cc1. The standard InChI is InChI=1S/C46H27N5OS/c1-3-14-28(15-4-1)30-26-35-33-20-13-21-34(41(33)52-42(35)36(27-30)45-47-37-22-9-12-25-40(37)53-45)44-48-43(29-16-5-2-6-17-29)49-46(50-44)51-38-23-10-7-18-31(38)32-19-8-11-24-39(32)51/h1-27H. The number of hydrogen-bond acceptors (Lipinski definition) is 6. The van der Waals surface area contributed by atoms with Crippen LogP contribution in [0.15, 0.2) is 168 Å². The molecule has 0 aliphatic carbocycles. The highest BCUT2D eigenvalue weighted by atomic mass is 32.1. The van der Waals surface area contributed by atoms with E-state index in [1.807, 2.05) is 48.5 Å². The summed E-state index contributed by atoms with van der Waals surface area (Å²) in [5.41, 5.74) is 9.40. The predicted molar refractivity (Wildman–Crippen MR) is 216 cm³/mol. The van der Waals surface area contributed by atoms with E-state index in [0.29, 0.717) is 23.2 Å². The number of hydrogen-bond donors (Lipinski definition) is 0. The van der Waals surface area contributed by atoms with Crippen LogP contribution in [0.25, 0.3) is 104 Å². The molecule has 0 fully saturated rings. The van der Waals surface area contributed by atoms with Crippen molar-refractivity contribution in [3.63, 3.8) is 0 Å². The van der Waals surface area contributed by atoms with Crippen LogP contribution in [0.1, 0.15) is 0 Å². The van der Waals surface area contributed by atoms with E-state index in [1.165, 1.54) is 0 Å². The van der Waals surface area contributed by atoms with Crippen molar-refractivity contribution in [2.24, 2.45) is 0 Å². The van der Waals surface area contributed by atoms with Crippen molar-refractivity contribution in [2.75, 3.05) is 0 Å². The number of para-hydroxylation sites is 4. The van der Waals surface area contributed by atoms with Gasteiger partial charge in [0, 0.05) is 27.1 Å². The van der Waals surface area contributed by atoms with Crippen LogP contribution in [-0.4, -0.2) is 24.5 Å². The summed E-state index contributed by atoms with van der Waals surface area (Å²) in [6.45, 7) is 0. The Morgan fingerprint density at radius 3 is 1.81 bits per heavy atom. The van der Waals surface area contributed by atoms with Gasteiger partial charge in [-0.25, -0.2) is 9.97 Å². The maximum atomic E-state index is 6.99. The molecule has 0 saturated heterocycles. The summed E-state index contributed by atoms with van der Waals surface area (Å²) in [7, 11) is 0. The number of thiazole rings is 1. The molecule has 0 atom stereocenters. The lowest BCUT2D eigenvalue weighted by atomic mass is 9.99. The molecule has 0 unspecified atom stereocenters. The lowest BCUT2D eigenvalue weighted by Crippen LogP contribution is -2.06. The molecule has 4 heterocycles. The summed E-state index contributed by atoms with van der Waals surface area (Å²) in [4.78, 5) is 20.6. The van der Waals surface area contributed by atoms with E-state index in [-0.39, 0.29) is 0 Å². The van der Waals surface area contributed by atoms with Gasteiger partial charge in [0.15, 0.2) is 11.6 Å². The Morgan fingerprint density at radius 2 is 1.06 bits per heavy atom. The van der Waals surface area contributed by atoms with Gasteiger partial charge in [-0.15, -0.1) is 11.3 Å². The van der Waals surface area contributed by atoms with Crippen LogP contribution >= 0.6 is 11.3 Å². The number of fused-ring (bicyclic) bond motifs is 7. The van der Waals surface area contributed by atoms with Crippen LogP contribution in [-0.2, 0) is 0 Å². The van der Waals surface area contributed by atoms with Crippen molar-refractivity contribution in [3.05, 3.63) is 164 Å². The zero-order chi connectivity index (χ0) is 34.9. The van der Waals surface area contributed by atoms with Gasteiger partial charge in [0.05, 0.1) is 32.4 Å². The molecule has 0 amide bonds. The molecule has 7 heteroatoms. The molecular formula is C46H27N5OS. The molecule has 248 valence electrons. The van der Waals surface area contributed by atoms with Crippen LogP contribution in [0, 0.1) is 0 Å². The van der Waals surface area contributed by atoms with E-state index >= 15 is 0 Å². The third-order valence-electron chi connectivity index (χ3n) is 9.91. The molecule has 0 N–H and O–H groups in total. The Labute approximate surface area is 307 Å². The lowest BCUT2D eigenvalue weighted by Gasteiger charge is -2.11. The van der Waals surface area contributed by atoms with Gasteiger partial charge < -0.3 is 4.42 Å². The highest BCUT2D eigenvalue weighted by Gasteiger charge is 2.23. The molecule has 0 bridgehead atoms. The van der Waals surface area contributed by atoms with Gasteiger partial charge in [0.1, 0.15) is 16.2 Å². The first kappa shape index (κ1) is 29.7. The van der Waals surface area contributed by atoms with Crippen molar-refractivity contribution in [1.29, 1.82) is 0 Å². The normalized spacial score (nSPS) is 11.8.